The summed E-state index contributed by atoms with van der Waals surface area (Å²) < 4.78 is 10.6. The van der Waals surface area contributed by atoms with E-state index in [1.165, 1.54) is 0 Å². The number of nitrogens with one attached hydrogen (secondary N) is 1. The third kappa shape index (κ3) is 4.34. The quantitative estimate of drug-likeness (QED) is 0.671. The number of hydrogen-bond acceptors (Lipinski definition) is 5. The molecule has 0 spiro atoms. The van der Waals surface area contributed by atoms with E-state index < -0.39 is 5.97 Å². The molecule has 1 atom stereocenters. The van der Waals surface area contributed by atoms with Gasteiger partial charge in [0.25, 0.3) is 5.91 Å². The molecule has 0 fully saturated rings. The van der Waals surface area contributed by atoms with Gasteiger partial charge >= 0.3 is 5.97 Å². The fourth-order valence-electron chi connectivity index (χ4n) is 2.54. The Morgan fingerprint density at radius 1 is 1.11 bits per heavy atom. The molecule has 0 bridgehead atoms. The average molecular weight is 366 g/mol. The normalized spacial score (nSPS) is 12.1. The molecule has 0 radical (unpaired) electrons. The molecular weight excluding hydrogens is 344 g/mol. The number of carbonyl (C=O) groups excluding carboxylic acids is 2. The lowest BCUT2D eigenvalue weighted by molar-refractivity contribution is -0.125. The number of benzene rings is 2. The molecular formula is C21H22N2O4. The van der Waals surface area contributed by atoms with Crippen LogP contribution in [0.15, 0.2) is 53.1 Å². The molecule has 0 saturated carbocycles. The molecule has 1 amide bonds. The maximum Gasteiger partial charge on any atom is 0.338 e. The maximum atomic E-state index is 12.3. The van der Waals surface area contributed by atoms with Crippen molar-refractivity contribution in [2.24, 2.45) is 5.92 Å². The van der Waals surface area contributed by atoms with E-state index in [1.807, 2.05) is 51.1 Å². The molecule has 0 aliphatic carbocycles. The van der Waals surface area contributed by atoms with Gasteiger partial charge in [-0.15, -0.1) is 0 Å². The minimum Gasteiger partial charge on any atom is -0.452 e. The summed E-state index contributed by atoms with van der Waals surface area (Å²) in [5.74, 6) is 0.00542. The van der Waals surface area contributed by atoms with Crippen molar-refractivity contribution >= 4 is 22.8 Å². The smallest absolute Gasteiger partial charge is 0.338 e. The molecule has 6 nitrogen and oxygen atoms in total. The predicted octanol–water partition coefficient (Wildman–Crippen LogP) is 3.81. The summed E-state index contributed by atoms with van der Waals surface area (Å²) in [6.45, 7) is 5.61. The van der Waals surface area contributed by atoms with Gasteiger partial charge < -0.3 is 14.6 Å². The standard InChI is InChI=1S/C21H22N2O4/c1-13(2)14(3)22-19(24)12-26-21(25)16-9-10-18-17(11-16)20(27-23-18)15-7-5-4-6-8-15/h4-11,13-14H,12H2,1-3H3,(H,22,24). The highest BCUT2D eigenvalue weighted by molar-refractivity contribution is 5.99. The number of nitrogens with zero attached hydrogens (tertiary/aromatic N) is 1. The predicted molar refractivity (Wildman–Crippen MR) is 102 cm³/mol. The van der Waals surface area contributed by atoms with Crippen LogP contribution in [0.2, 0.25) is 0 Å². The van der Waals surface area contributed by atoms with Crippen molar-refractivity contribution < 1.29 is 18.8 Å². The molecule has 6 heteroatoms. The van der Waals surface area contributed by atoms with E-state index in [1.54, 1.807) is 18.2 Å². The summed E-state index contributed by atoms with van der Waals surface area (Å²) in [4.78, 5) is 24.2. The molecule has 1 N–H and O–H groups in total. The highest BCUT2D eigenvalue weighted by Gasteiger charge is 2.16. The molecule has 0 aliphatic rings. The highest BCUT2D eigenvalue weighted by Crippen LogP contribution is 2.29. The molecule has 3 aromatic rings. The van der Waals surface area contributed by atoms with E-state index in [9.17, 15) is 9.59 Å². The van der Waals surface area contributed by atoms with Gasteiger partial charge in [0.1, 0.15) is 5.52 Å². The van der Waals surface area contributed by atoms with Crippen LogP contribution in [0.4, 0.5) is 0 Å². The number of fused-ring (bicyclic) bond motifs is 1. The summed E-state index contributed by atoms with van der Waals surface area (Å²) in [5, 5.41) is 7.54. The van der Waals surface area contributed by atoms with Crippen molar-refractivity contribution in [3.63, 3.8) is 0 Å². The van der Waals surface area contributed by atoms with Gasteiger partial charge in [0.05, 0.1) is 10.9 Å². The number of ether oxygens (including phenoxy) is 1. The summed E-state index contributed by atoms with van der Waals surface area (Å²) in [6, 6.07) is 14.5. The van der Waals surface area contributed by atoms with E-state index in [0.29, 0.717) is 28.1 Å². The van der Waals surface area contributed by atoms with Crippen molar-refractivity contribution in [2.45, 2.75) is 26.8 Å². The van der Waals surface area contributed by atoms with Crippen LogP contribution in [0.5, 0.6) is 0 Å². The molecule has 1 heterocycles. The third-order valence-electron chi connectivity index (χ3n) is 4.47. The van der Waals surface area contributed by atoms with Crippen LogP contribution < -0.4 is 5.32 Å². The van der Waals surface area contributed by atoms with Crippen LogP contribution in [0.25, 0.3) is 22.2 Å². The summed E-state index contributed by atoms with van der Waals surface area (Å²) in [7, 11) is 0. The van der Waals surface area contributed by atoms with Crippen LogP contribution >= 0.6 is 0 Å². The molecule has 3 rings (SSSR count). The van der Waals surface area contributed by atoms with E-state index in [0.717, 1.165) is 5.56 Å². The number of aromatic nitrogens is 1. The Bertz CT molecular complexity index is 947. The molecule has 2 aromatic carbocycles. The second-order valence-corrected chi connectivity index (χ2v) is 6.79. The van der Waals surface area contributed by atoms with Crippen LogP contribution in [0, 0.1) is 5.92 Å². The van der Waals surface area contributed by atoms with Gasteiger partial charge in [-0.1, -0.05) is 49.3 Å². The van der Waals surface area contributed by atoms with E-state index >= 15 is 0 Å². The minimum absolute atomic E-state index is 0.0120. The molecule has 1 aromatic heterocycles. The van der Waals surface area contributed by atoms with Crippen molar-refractivity contribution in [3.8, 4) is 11.3 Å². The fraction of sp³-hybridized carbons (Fsp3) is 0.286. The Hall–Kier alpha value is -3.15. The first-order chi connectivity index (χ1) is 13.0. The number of hydrogen-bond donors (Lipinski definition) is 1. The maximum absolute atomic E-state index is 12.3. The van der Waals surface area contributed by atoms with Gasteiger partial charge in [-0.25, -0.2) is 4.79 Å². The monoisotopic (exact) mass is 366 g/mol. The third-order valence-corrected chi connectivity index (χ3v) is 4.47. The highest BCUT2D eigenvalue weighted by atomic mass is 16.5. The molecule has 1 unspecified atom stereocenters. The van der Waals surface area contributed by atoms with Crippen molar-refractivity contribution in [1.82, 2.24) is 10.5 Å². The summed E-state index contributed by atoms with van der Waals surface area (Å²) in [6.07, 6.45) is 0. The Kier molecular flexibility index (Phi) is 5.54. The zero-order valence-corrected chi connectivity index (χ0v) is 15.6. The molecule has 27 heavy (non-hydrogen) atoms. The lowest BCUT2D eigenvalue weighted by atomic mass is 10.1. The number of esters is 1. The first-order valence-corrected chi connectivity index (χ1v) is 8.87. The van der Waals surface area contributed by atoms with Gasteiger partial charge in [-0.2, -0.15) is 0 Å². The second kappa shape index (κ2) is 8.03. The Morgan fingerprint density at radius 3 is 2.56 bits per heavy atom. The second-order valence-electron chi connectivity index (χ2n) is 6.79. The van der Waals surface area contributed by atoms with E-state index in [4.69, 9.17) is 9.26 Å². The Balaban J connectivity index is 1.73. The number of rotatable bonds is 6. The van der Waals surface area contributed by atoms with Crippen molar-refractivity contribution in [3.05, 3.63) is 54.1 Å². The number of amides is 1. The van der Waals surface area contributed by atoms with Crippen LogP contribution in [-0.2, 0) is 9.53 Å². The van der Waals surface area contributed by atoms with Crippen LogP contribution in [-0.4, -0.2) is 29.7 Å². The van der Waals surface area contributed by atoms with Crippen LogP contribution in [0.3, 0.4) is 0 Å². The fourth-order valence-corrected chi connectivity index (χ4v) is 2.54. The molecule has 0 aliphatic heterocycles. The van der Waals surface area contributed by atoms with Crippen LogP contribution in [0.1, 0.15) is 31.1 Å². The Labute approximate surface area is 157 Å². The topological polar surface area (TPSA) is 81.4 Å². The minimum atomic E-state index is -0.565. The van der Waals surface area contributed by atoms with Gasteiger partial charge in [-0.05, 0) is 31.0 Å². The zero-order chi connectivity index (χ0) is 19.4. The van der Waals surface area contributed by atoms with Gasteiger partial charge in [0.2, 0.25) is 0 Å². The summed E-state index contributed by atoms with van der Waals surface area (Å²) >= 11 is 0. The van der Waals surface area contributed by atoms with Gasteiger partial charge in [0, 0.05) is 11.6 Å². The lowest BCUT2D eigenvalue weighted by Gasteiger charge is -2.17. The Morgan fingerprint density at radius 2 is 1.85 bits per heavy atom. The number of carbonyl (C=O) groups is 2. The van der Waals surface area contributed by atoms with Gasteiger partial charge in [0.15, 0.2) is 12.4 Å². The van der Waals surface area contributed by atoms with Crippen molar-refractivity contribution in [1.29, 1.82) is 0 Å². The van der Waals surface area contributed by atoms with E-state index in [2.05, 4.69) is 10.5 Å². The summed E-state index contributed by atoms with van der Waals surface area (Å²) in [5.41, 5.74) is 1.86. The zero-order valence-electron chi connectivity index (χ0n) is 15.6. The molecule has 140 valence electrons. The first kappa shape index (κ1) is 18.6. The lowest BCUT2D eigenvalue weighted by Crippen LogP contribution is -2.38. The molecule has 0 saturated heterocycles. The van der Waals surface area contributed by atoms with Crippen molar-refractivity contribution in [2.75, 3.05) is 6.61 Å². The largest absolute Gasteiger partial charge is 0.452 e. The SMILES string of the molecule is CC(C)C(C)NC(=O)COC(=O)c1ccc2noc(-c3ccccc3)c2c1. The first-order valence-electron chi connectivity index (χ1n) is 8.87. The van der Waals surface area contributed by atoms with E-state index in [-0.39, 0.29) is 18.6 Å². The average Bonchev–Trinajstić information content (AvgIpc) is 3.09. The van der Waals surface area contributed by atoms with Gasteiger partial charge in [-0.3, -0.25) is 4.79 Å².